The van der Waals surface area contributed by atoms with Crippen molar-refractivity contribution in [1.82, 2.24) is 0 Å². The highest BCUT2D eigenvalue weighted by Gasteiger charge is 2.05. The Morgan fingerprint density at radius 1 is 1.14 bits per heavy atom. The van der Waals surface area contributed by atoms with Crippen LogP contribution in [0.5, 0.6) is 11.5 Å². The maximum Gasteiger partial charge on any atom is 0.122 e. The fraction of sp³-hybridized carbons (Fsp3) is 0.474. The molecule has 0 saturated heterocycles. The summed E-state index contributed by atoms with van der Waals surface area (Å²) in [6.07, 6.45) is 4.27. The summed E-state index contributed by atoms with van der Waals surface area (Å²) < 4.78 is 11.2. The summed E-state index contributed by atoms with van der Waals surface area (Å²) in [6.45, 7) is 4.95. The number of benzene rings is 2. The first-order valence-electron chi connectivity index (χ1n) is 8.00. The van der Waals surface area contributed by atoms with Gasteiger partial charge in [-0.3, -0.25) is 0 Å². The Morgan fingerprint density at radius 3 is 2.68 bits per heavy atom. The van der Waals surface area contributed by atoms with Crippen molar-refractivity contribution in [3.8, 4) is 11.5 Å². The summed E-state index contributed by atoms with van der Waals surface area (Å²) in [7, 11) is 1.70. The number of unbranched alkanes of at least 4 members (excludes halogenated alkanes) is 1. The van der Waals surface area contributed by atoms with E-state index in [2.05, 4.69) is 32.0 Å². The van der Waals surface area contributed by atoms with E-state index in [0.717, 1.165) is 43.8 Å². The molecule has 22 heavy (non-hydrogen) atoms. The predicted octanol–water partition coefficient (Wildman–Crippen LogP) is 5.72. The Balaban J connectivity index is 1.93. The number of aryl methyl sites for hydroxylation is 1. The molecule has 0 aliphatic heterocycles. The van der Waals surface area contributed by atoms with Gasteiger partial charge < -0.3 is 9.47 Å². The van der Waals surface area contributed by atoms with Crippen LogP contribution in [-0.2, 0) is 0 Å². The quantitative estimate of drug-likeness (QED) is 0.457. The minimum Gasteiger partial charge on any atom is -0.496 e. The Kier molecular flexibility index (Phi) is 6.38. The lowest BCUT2D eigenvalue weighted by molar-refractivity contribution is 0.305. The molecule has 120 valence electrons. The topological polar surface area (TPSA) is 18.5 Å². The molecule has 2 aromatic carbocycles. The molecule has 0 spiro atoms. The van der Waals surface area contributed by atoms with Gasteiger partial charge in [-0.15, -0.1) is 11.6 Å². The lowest BCUT2D eigenvalue weighted by Crippen LogP contribution is -2.00. The summed E-state index contributed by atoms with van der Waals surface area (Å²) in [5.41, 5.74) is 1.17. The second-order valence-corrected chi connectivity index (χ2v) is 6.24. The van der Waals surface area contributed by atoms with Gasteiger partial charge in [0.1, 0.15) is 11.5 Å². The molecule has 0 fully saturated rings. The lowest BCUT2D eigenvalue weighted by atomic mass is 10.0. The Labute approximate surface area is 138 Å². The first-order chi connectivity index (χ1) is 10.7. The normalized spacial score (nSPS) is 12.4. The van der Waals surface area contributed by atoms with Crippen LogP contribution in [0.25, 0.3) is 10.8 Å². The summed E-state index contributed by atoms with van der Waals surface area (Å²) in [5.74, 6) is 1.85. The van der Waals surface area contributed by atoms with Crippen LogP contribution in [-0.4, -0.2) is 19.1 Å². The van der Waals surface area contributed by atoms with Crippen molar-refractivity contribution >= 4 is 22.4 Å². The van der Waals surface area contributed by atoms with E-state index in [1.807, 2.05) is 12.1 Å². The molecular weight excluding hydrogens is 296 g/mol. The summed E-state index contributed by atoms with van der Waals surface area (Å²) in [6, 6.07) is 10.3. The third kappa shape index (κ3) is 4.30. The Morgan fingerprint density at radius 2 is 1.95 bits per heavy atom. The zero-order chi connectivity index (χ0) is 15.9. The average Bonchev–Trinajstić information content (AvgIpc) is 2.54. The van der Waals surface area contributed by atoms with Gasteiger partial charge in [-0.2, -0.15) is 0 Å². The standard InChI is InChI=1S/C19H25ClO2/c1-4-16(20)7-5-6-12-22-17-9-10-18-14(2)19(21-3)11-8-15(18)13-17/h8-11,13,16H,4-7,12H2,1-3H3. The SMILES string of the molecule is CCC(Cl)CCCCOc1ccc2c(C)c(OC)ccc2c1. The molecule has 1 unspecified atom stereocenters. The highest BCUT2D eigenvalue weighted by molar-refractivity contribution is 6.20. The smallest absolute Gasteiger partial charge is 0.122 e. The van der Waals surface area contributed by atoms with Gasteiger partial charge in [-0.05, 0) is 67.1 Å². The molecule has 0 bridgehead atoms. The second kappa shape index (κ2) is 8.28. The van der Waals surface area contributed by atoms with E-state index in [-0.39, 0.29) is 0 Å². The van der Waals surface area contributed by atoms with Crippen LogP contribution in [0.1, 0.15) is 38.2 Å². The Bertz CT molecular complexity index is 610. The fourth-order valence-corrected chi connectivity index (χ4v) is 2.77. The van der Waals surface area contributed by atoms with Crippen molar-refractivity contribution in [2.45, 2.75) is 44.9 Å². The van der Waals surface area contributed by atoms with Crippen LogP contribution in [0.3, 0.4) is 0 Å². The van der Waals surface area contributed by atoms with Gasteiger partial charge in [0, 0.05) is 5.38 Å². The zero-order valence-electron chi connectivity index (χ0n) is 13.7. The van der Waals surface area contributed by atoms with E-state index in [1.165, 1.54) is 16.3 Å². The van der Waals surface area contributed by atoms with Crippen LogP contribution >= 0.6 is 11.6 Å². The van der Waals surface area contributed by atoms with Crippen molar-refractivity contribution in [2.24, 2.45) is 0 Å². The van der Waals surface area contributed by atoms with Crippen molar-refractivity contribution < 1.29 is 9.47 Å². The van der Waals surface area contributed by atoms with Gasteiger partial charge in [0.25, 0.3) is 0 Å². The van der Waals surface area contributed by atoms with Gasteiger partial charge in [-0.1, -0.05) is 19.1 Å². The minimum absolute atomic E-state index is 0.304. The summed E-state index contributed by atoms with van der Waals surface area (Å²) in [4.78, 5) is 0. The van der Waals surface area contributed by atoms with Gasteiger partial charge in [0.05, 0.1) is 13.7 Å². The molecule has 0 amide bonds. The maximum absolute atomic E-state index is 6.12. The first-order valence-corrected chi connectivity index (χ1v) is 8.43. The molecule has 0 heterocycles. The third-order valence-electron chi connectivity index (χ3n) is 4.05. The third-order valence-corrected chi connectivity index (χ3v) is 4.58. The highest BCUT2D eigenvalue weighted by atomic mass is 35.5. The van der Waals surface area contributed by atoms with Crippen molar-refractivity contribution in [1.29, 1.82) is 0 Å². The van der Waals surface area contributed by atoms with Crippen LogP contribution in [0.15, 0.2) is 30.3 Å². The molecule has 1 atom stereocenters. The molecule has 3 heteroatoms. The number of hydrogen-bond acceptors (Lipinski definition) is 2. The minimum atomic E-state index is 0.304. The lowest BCUT2D eigenvalue weighted by Gasteiger charge is -2.11. The van der Waals surface area contributed by atoms with E-state index in [4.69, 9.17) is 21.1 Å². The number of halogens is 1. The second-order valence-electron chi connectivity index (χ2n) is 5.63. The number of rotatable bonds is 8. The van der Waals surface area contributed by atoms with E-state index >= 15 is 0 Å². The molecule has 2 aromatic rings. The molecule has 0 aromatic heterocycles. The van der Waals surface area contributed by atoms with Gasteiger partial charge >= 0.3 is 0 Å². The van der Waals surface area contributed by atoms with E-state index in [1.54, 1.807) is 7.11 Å². The monoisotopic (exact) mass is 320 g/mol. The van der Waals surface area contributed by atoms with Gasteiger partial charge in [0.15, 0.2) is 0 Å². The molecule has 0 radical (unpaired) electrons. The summed E-state index contributed by atoms with van der Waals surface area (Å²) in [5, 5.41) is 2.70. The highest BCUT2D eigenvalue weighted by Crippen LogP contribution is 2.29. The molecule has 2 rings (SSSR count). The van der Waals surface area contributed by atoms with Crippen LogP contribution in [0.2, 0.25) is 0 Å². The van der Waals surface area contributed by atoms with Crippen molar-refractivity contribution in [3.63, 3.8) is 0 Å². The molecular formula is C19H25ClO2. The number of methoxy groups -OCH3 is 1. The van der Waals surface area contributed by atoms with E-state index in [9.17, 15) is 0 Å². The van der Waals surface area contributed by atoms with Crippen LogP contribution < -0.4 is 9.47 Å². The molecule has 0 aliphatic carbocycles. The van der Waals surface area contributed by atoms with E-state index in [0.29, 0.717) is 5.38 Å². The summed E-state index contributed by atoms with van der Waals surface area (Å²) >= 11 is 6.12. The predicted molar refractivity (Wildman–Crippen MR) is 94.5 cm³/mol. The molecule has 2 nitrogen and oxygen atoms in total. The largest absolute Gasteiger partial charge is 0.496 e. The van der Waals surface area contributed by atoms with Crippen LogP contribution in [0.4, 0.5) is 0 Å². The van der Waals surface area contributed by atoms with Gasteiger partial charge in [0.2, 0.25) is 0 Å². The zero-order valence-corrected chi connectivity index (χ0v) is 14.5. The first kappa shape index (κ1) is 17.0. The average molecular weight is 321 g/mol. The van der Waals surface area contributed by atoms with Crippen LogP contribution in [0, 0.1) is 6.92 Å². The number of alkyl halides is 1. The fourth-order valence-electron chi connectivity index (χ4n) is 2.62. The number of fused-ring (bicyclic) bond motifs is 1. The molecule has 0 saturated carbocycles. The van der Waals surface area contributed by atoms with Gasteiger partial charge in [-0.25, -0.2) is 0 Å². The van der Waals surface area contributed by atoms with Crippen molar-refractivity contribution in [3.05, 3.63) is 35.9 Å². The van der Waals surface area contributed by atoms with E-state index < -0.39 is 0 Å². The molecule has 0 aliphatic rings. The Hall–Kier alpha value is -1.41. The molecule has 0 N–H and O–H groups in total. The van der Waals surface area contributed by atoms with Crippen molar-refractivity contribution in [2.75, 3.05) is 13.7 Å². The maximum atomic E-state index is 6.12. The number of ether oxygens (including phenoxy) is 2. The number of hydrogen-bond donors (Lipinski definition) is 0.